The van der Waals surface area contributed by atoms with E-state index in [4.69, 9.17) is 20.3 Å². The van der Waals surface area contributed by atoms with Crippen molar-refractivity contribution in [1.29, 1.82) is 0 Å². The fourth-order valence-corrected chi connectivity index (χ4v) is 2.40. The summed E-state index contributed by atoms with van der Waals surface area (Å²) in [7, 11) is 0. The van der Waals surface area contributed by atoms with Gasteiger partial charge < -0.3 is 20.3 Å². The predicted molar refractivity (Wildman–Crippen MR) is 68.8 cm³/mol. The molecule has 0 saturated heterocycles. The molecule has 0 fully saturated rings. The number of aliphatic hydroxyl groups excluding tert-OH is 1. The van der Waals surface area contributed by atoms with E-state index in [9.17, 15) is 0 Å². The largest absolute Gasteiger partial charge is 0.486 e. The lowest BCUT2D eigenvalue weighted by Gasteiger charge is -2.20. The van der Waals surface area contributed by atoms with Crippen LogP contribution < -0.4 is 15.2 Å². The highest BCUT2D eigenvalue weighted by atomic mass is 32.2. The average Bonchev–Trinajstić information content (AvgIpc) is 2.38. The highest BCUT2D eigenvalue weighted by Gasteiger charge is 2.14. The van der Waals surface area contributed by atoms with E-state index in [1.54, 1.807) is 11.8 Å². The maximum atomic E-state index is 8.71. The Bertz CT molecular complexity index is 373. The van der Waals surface area contributed by atoms with Crippen LogP contribution in [-0.2, 0) is 0 Å². The number of rotatable bonds is 5. The molecule has 1 aromatic carbocycles. The van der Waals surface area contributed by atoms with Crippen LogP contribution in [0.15, 0.2) is 18.2 Å². The normalized spacial score (nSPS) is 15.6. The zero-order chi connectivity index (χ0) is 12.1. The lowest BCUT2D eigenvalue weighted by atomic mass is 10.1. The highest BCUT2D eigenvalue weighted by molar-refractivity contribution is 7.99. The SMILES string of the molecule is NC(CSCCO)c1ccc2c(c1)OCCO2. The van der Waals surface area contributed by atoms with Crippen LogP contribution in [-0.4, -0.2) is 36.4 Å². The standard InChI is InChI=1S/C12H17NO3S/c13-10(8-17-6-3-14)9-1-2-11-12(7-9)16-5-4-15-11/h1-2,7,10,14H,3-6,8,13H2. The molecule has 0 spiro atoms. The first kappa shape index (κ1) is 12.5. The van der Waals surface area contributed by atoms with E-state index in [0.717, 1.165) is 28.6 Å². The van der Waals surface area contributed by atoms with E-state index in [2.05, 4.69) is 0 Å². The van der Waals surface area contributed by atoms with E-state index in [1.165, 1.54) is 0 Å². The summed E-state index contributed by atoms with van der Waals surface area (Å²) in [6, 6.07) is 5.78. The lowest BCUT2D eigenvalue weighted by Crippen LogP contribution is -2.17. The Morgan fingerprint density at radius 1 is 1.29 bits per heavy atom. The van der Waals surface area contributed by atoms with E-state index in [-0.39, 0.29) is 12.6 Å². The van der Waals surface area contributed by atoms with Crippen molar-refractivity contribution >= 4 is 11.8 Å². The summed E-state index contributed by atoms with van der Waals surface area (Å²) in [5, 5.41) is 8.71. The van der Waals surface area contributed by atoms with E-state index >= 15 is 0 Å². The highest BCUT2D eigenvalue weighted by Crippen LogP contribution is 2.32. The minimum Gasteiger partial charge on any atom is -0.486 e. The minimum absolute atomic E-state index is 0.0395. The Kier molecular flexibility index (Phi) is 4.53. The number of benzene rings is 1. The van der Waals surface area contributed by atoms with E-state index in [1.807, 2.05) is 18.2 Å². The maximum Gasteiger partial charge on any atom is 0.161 e. The summed E-state index contributed by atoms with van der Waals surface area (Å²) in [5.41, 5.74) is 7.11. The Labute approximate surface area is 105 Å². The molecule has 1 aliphatic heterocycles. The van der Waals surface area contributed by atoms with Crippen molar-refractivity contribution in [2.75, 3.05) is 31.3 Å². The second-order valence-corrected chi connectivity index (χ2v) is 4.96. The number of thioether (sulfide) groups is 1. The lowest BCUT2D eigenvalue weighted by molar-refractivity contribution is 0.171. The quantitative estimate of drug-likeness (QED) is 0.774. The van der Waals surface area contributed by atoms with Gasteiger partial charge in [-0.3, -0.25) is 0 Å². The van der Waals surface area contributed by atoms with E-state index in [0.29, 0.717) is 13.2 Å². The summed E-state index contributed by atoms with van der Waals surface area (Å²) in [6.45, 7) is 1.38. The Morgan fingerprint density at radius 2 is 2.06 bits per heavy atom. The monoisotopic (exact) mass is 255 g/mol. The fourth-order valence-electron chi connectivity index (χ4n) is 1.66. The molecule has 0 saturated carbocycles. The van der Waals surface area contributed by atoms with Crippen molar-refractivity contribution in [2.24, 2.45) is 5.73 Å². The van der Waals surface area contributed by atoms with Crippen molar-refractivity contribution in [3.63, 3.8) is 0 Å². The second kappa shape index (κ2) is 6.14. The summed E-state index contributed by atoms with van der Waals surface area (Å²) >= 11 is 1.65. The first-order valence-corrected chi connectivity index (χ1v) is 6.80. The number of hydrogen-bond donors (Lipinski definition) is 2. The summed E-state index contributed by atoms with van der Waals surface area (Å²) in [4.78, 5) is 0. The summed E-state index contributed by atoms with van der Waals surface area (Å²) in [6.07, 6.45) is 0. The van der Waals surface area contributed by atoms with Crippen molar-refractivity contribution in [3.05, 3.63) is 23.8 Å². The topological polar surface area (TPSA) is 64.7 Å². The molecular weight excluding hydrogens is 238 g/mol. The van der Waals surface area contributed by atoms with Gasteiger partial charge in [0, 0.05) is 17.5 Å². The third kappa shape index (κ3) is 3.28. The molecular formula is C12H17NO3S. The van der Waals surface area contributed by atoms with Crippen LogP contribution in [0.5, 0.6) is 11.5 Å². The molecule has 1 aromatic rings. The molecule has 5 heteroatoms. The van der Waals surface area contributed by atoms with Gasteiger partial charge >= 0.3 is 0 Å². The van der Waals surface area contributed by atoms with Gasteiger partial charge in [-0.2, -0.15) is 11.8 Å². The average molecular weight is 255 g/mol. The first-order chi connectivity index (χ1) is 8.31. The summed E-state index contributed by atoms with van der Waals surface area (Å²) in [5.74, 6) is 3.07. The Morgan fingerprint density at radius 3 is 2.82 bits per heavy atom. The molecule has 2 rings (SSSR count). The third-order valence-electron chi connectivity index (χ3n) is 2.53. The molecule has 0 radical (unpaired) electrons. The van der Waals surface area contributed by atoms with Crippen LogP contribution in [0.3, 0.4) is 0 Å². The molecule has 3 N–H and O–H groups in total. The number of hydrogen-bond acceptors (Lipinski definition) is 5. The van der Waals surface area contributed by atoms with Gasteiger partial charge in [0.05, 0.1) is 6.61 Å². The van der Waals surface area contributed by atoms with Crippen molar-refractivity contribution < 1.29 is 14.6 Å². The molecule has 1 heterocycles. The molecule has 0 amide bonds. The van der Waals surface area contributed by atoms with Gasteiger partial charge in [-0.25, -0.2) is 0 Å². The molecule has 0 aliphatic carbocycles. The first-order valence-electron chi connectivity index (χ1n) is 5.65. The van der Waals surface area contributed by atoms with Gasteiger partial charge in [0.1, 0.15) is 13.2 Å². The van der Waals surface area contributed by atoms with Crippen molar-refractivity contribution in [1.82, 2.24) is 0 Å². The fraction of sp³-hybridized carbons (Fsp3) is 0.500. The molecule has 94 valence electrons. The minimum atomic E-state index is -0.0395. The van der Waals surface area contributed by atoms with Crippen LogP contribution in [0.25, 0.3) is 0 Å². The molecule has 4 nitrogen and oxygen atoms in total. The molecule has 0 aromatic heterocycles. The molecule has 1 unspecified atom stereocenters. The Hall–Kier alpha value is -0.910. The second-order valence-electron chi connectivity index (χ2n) is 3.81. The number of fused-ring (bicyclic) bond motifs is 1. The molecule has 0 bridgehead atoms. The van der Waals surface area contributed by atoms with Gasteiger partial charge in [0.2, 0.25) is 0 Å². The summed E-state index contributed by atoms with van der Waals surface area (Å²) < 4.78 is 11.0. The zero-order valence-corrected chi connectivity index (χ0v) is 10.4. The Balaban J connectivity index is 2.00. The third-order valence-corrected chi connectivity index (χ3v) is 3.59. The van der Waals surface area contributed by atoms with Crippen molar-refractivity contribution in [2.45, 2.75) is 6.04 Å². The van der Waals surface area contributed by atoms with Crippen LogP contribution >= 0.6 is 11.8 Å². The van der Waals surface area contributed by atoms with Gasteiger partial charge in [-0.1, -0.05) is 6.07 Å². The number of aliphatic hydroxyl groups is 1. The molecule has 1 atom stereocenters. The van der Waals surface area contributed by atoms with Crippen LogP contribution in [0.4, 0.5) is 0 Å². The van der Waals surface area contributed by atoms with Gasteiger partial charge in [0.25, 0.3) is 0 Å². The van der Waals surface area contributed by atoms with E-state index < -0.39 is 0 Å². The number of ether oxygens (including phenoxy) is 2. The predicted octanol–water partition coefficient (Wildman–Crippen LogP) is 1.18. The zero-order valence-electron chi connectivity index (χ0n) is 9.59. The van der Waals surface area contributed by atoms with Crippen LogP contribution in [0.1, 0.15) is 11.6 Å². The molecule has 1 aliphatic rings. The van der Waals surface area contributed by atoms with Gasteiger partial charge in [-0.15, -0.1) is 0 Å². The number of nitrogens with two attached hydrogens (primary N) is 1. The van der Waals surface area contributed by atoms with Gasteiger partial charge in [0.15, 0.2) is 11.5 Å². The molecule has 17 heavy (non-hydrogen) atoms. The maximum absolute atomic E-state index is 8.71. The van der Waals surface area contributed by atoms with Gasteiger partial charge in [-0.05, 0) is 17.7 Å². The smallest absolute Gasteiger partial charge is 0.161 e. The van der Waals surface area contributed by atoms with Crippen molar-refractivity contribution in [3.8, 4) is 11.5 Å². The van der Waals surface area contributed by atoms with Crippen LogP contribution in [0, 0.1) is 0 Å². The van der Waals surface area contributed by atoms with Crippen LogP contribution in [0.2, 0.25) is 0 Å².